The van der Waals surface area contributed by atoms with E-state index in [1.165, 1.54) is 0 Å². The van der Waals surface area contributed by atoms with Crippen LogP contribution in [0.4, 0.5) is 0 Å². The molecule has 7 nitrogen and oxygen atoms in total. The number of oxazole rings is 1. The number of carbonyl (C=O) groups excluding carboxylic acids is 2. The minimum Gasteiger partial charge on any atom is -0.484 e. The van der Waals surface area contributed by atoms with Crippen molar-refractivity contribution in [3.05, 3.63) is 95.9 Å². The predicted octanol–water partition coefficient (Wildman–Crippen LogP) is 4.78. The number of hydrogen-bond donors (Lipinski definition) is 2. The molecule has 7 heteroatoms. The molecule has 0 spiro atoms. The first-order valence-corrected chi connectivity index (χ1v) is 11.4. The van der Waals surface area contributed by atoms with E-state index in [1.807, 2.05) is 92.7 Å². The number of rotatable bonds is 8. The number of carbonyl (C=O) groups is 2. The van der Waals surface area contributed by atoms with Gasteiger partial charge in [-0.05, 0) is 37.1 Å². The van der Waals surface area contributed by atoms with Gasteiger partial charge >= 0.3 is 0 Å². The minimum atomic E-state index is -0.452. The standard InChI is InChI=1S/C28H27N3O4/c1-19-15-20(2)17-23(16-19)34-18-25(33)31-30-24(32)13-14-26-29-27(21-9-5-3-6-10-21)28(35-26)22-11-7-4-8-12-22/h3-12,15-17H,13-14,18H2,1-2H3,(H,30,32)(H,31,33). The number of nitrogens with one attached hydrogen (secondary N) is 2. The second-order valence-corrected chi connectivity index (χ2v) is 8.23. The highest BCUT2D eigenvalue weighted by atomic mass is 16.5. The minimum absolute atomic E-state index is 0.0984. The number of benzene rings is 3. The van der Waals surface area contributed by atoms with Crippen molar-refractivity contribution in [3.8, 4) is 28.3 Å². The van der Waals surface area contributed by atoms with Crippen LogP contribution in [0.3, 0.4) is 0 Å². The lowest BCUT2D eigenvalue weighted by molar-refractivity contribution is -0.130. The lowest BCUT2D eigenvalue weighted by Gasteiger charge is -2.09. The summed E-state index contributed by atoms with van der Waals surface area (Å²) in [5, 5.41) is 0. The van der Waals surface area contributed by atoms with Crippen LogP contribution in [0.15, 0.2) is 83.3 Å². The van der Waals surface area contributed by atoms with Crippen molar-refractivity contribution in [3.63, 3.8) is 0 Å². The maximum Gasteiger partial charge on any atom is 0.276 e. The molecule has 0 fully saturated rings. The highest BCUT2D eigenvalue weighted by Gasteiger charge is 2.17. The van der Waals surface area contributed by atoms with E-state index < -0.39 is 5.91 Å². The summed E-state index contributed by atoms with van der Waals surface area (Å²) in [6.07, 6.45) is 0.384. The van der Waals surface area contributed by atoms with E-state index in [0.29, 0.717) is 17.4 Å². The molecule has 0 unspecified atom stereocenters. The summed E-state index contributed by atoms with van der Waals surface area (Å²) in [4.78, 5) is 29.0. The quantitative estimate of drug-likeness (QED) is 0.362. The monoisotopic (exact) mass is 469 g/mol. The third-order valence-electron chi connectivity index (χ3n) is 5.23. The van der Waals surface area contributed by atoms with E-state index in [2.05, 4.69) is 15.8 Å². The highest BCUT2D eigenvalue weighted by Crippen LogP contribution is 2.32. The summed E-state index contributed by atoms with van der Waals surface area (Å²) in [5.74, 6) is 0.902. The van der Waals surface area contributed by atoms with Gasteiger partial charge in [0.25, 0.3) is 5.91 Å². The molecule has 0 saturated carbocycles. The SMILES string of the molecule is Cc1cc(C)cc(OCC(=O)NNC(=O)CCc2nc(-c3ccccc3)c(-c3ccccc3)o2)c1. The van der Waals surface area contributed by atoms with Crippen molar-refractivity contribution in [1.82, 2.24) is 15.8 Å². The van der Waals surface area contributed by atoms with Gasteiger partial charge in [-0.3, -0.25) is 20.4 Å². The van der Waals surface area contributed by atoms with Crippen molar-refractivity contribution in [2.45, 2.75) is 26.7 Å². The molecule has 4 rings (SSSR count). The molecule has 4 aromatic rings. The maximum atomic E-state index is 12.3. The van der Waals surface area contributed by atoms with Gasteiger partial charge in [0.05, 0.1) is 0 Å². The Morgan fingerprint density at radius 3 is 2.09 bits per heavy atom. The average molecular weight is 470 g/mol. The number of nitrogens with zero attached hydrogens (tertiary/aromatic N) is 1. The Morgan fingerprint density at radius 2 is 1.43 bits per heavy atom. The number of ether oxygens (including phenoxy) is 1. The Hall–Kier alpha value is -4.39. The van der Waals surface area contributed by atoms with Crippen molar-refractivity contribution < 1.29 is 18.7 Å². The molecule has 0 aliphatic carbocycles. The van der Waals surface area contributed by atoms with E-state index in [9.17, 15) is 9.59 Å². The zero-order chi connectivity index (χ0) is 24.6. The first-order valence-electron chi connectivity index (χ1n) is 11.4. The number of aromatic nitrogens is 1. The lowest BCUT2D eigenvalue weighted by atomic mass is 10.1. The summed E-state index contributed by atoms with van der Waals surface area (Å²) in [6.45, 7) is 3.71. The first-order chi connectivity index (χ1) is 17.0. The van der Waals surface area contributed by atoms with Gasteiger partial charge in [0.1, 0.15) is 11.4 Å². The molecule has 0 aliphatic rings. The molecule has 178 valence electrons. The third kappa shape index (κ3) is 6.57. The summed E-state index contributed by atoms with van der Waals surface area (Å²) in [6, 6.07) is 25.2. The molecule has 2 amide bonds. The molecule has 0 bridgehead atoms. The fourth-order valence-electron chi connectivity index (χ4n) is 3.67. The number of aryl methyl sites for hydroxylation is 3. The average Bonchev–Trinajstić information content (AvgIpc) is 3.30. The second kappa shape index (κ2) is 11.2. The normalized spacial score (nSPS) is 10.6. The summed E-state index contributed by atoms with van der Waals surface area (Å²) in [7, 11) is 0. The Labute approximate surface area is 204 Å². The van der Waals surface area contributed by atoms with E-state index in [1.54, 1.807) is 0 Å². The summed E-state index contributed by atoms with van der Waals surface area (Å²) < 4.78 is 11.5. The van der Waals surface area contributed by atoms with Gasteiger partial charge in [0, 0.05) is 24.0 Å². The van der Waals surface area contributed by atoms with E-state index >= 15 is 0 Å². The van der Waals surface area contributed by atoms with Crippen LogP contribution >= 0.6 is 0 Å². The van der Waals surface area contributed by atoms with Crippen LogP contribution in [-0.4, -0.2) is 23.4 Å². The van der Waals surface area contributed by atoms with Crippen LogP contribution in [0.5, 0.6) is 5.75 Å². The number of hydrazine groups is 1. The van der Waals surface area contributed by atoms with Gasteiger partial charge < -0.3 is 9.15 Å². The zero-order valence-corrected chi connectivity index (χ0v) is 19.7. The van der Waals surface area contributed by atoms with Gasteiger partial charge in [-0.25, -0.2) is 4.98 Å². The summed E-state index contributed by atoms with van der Waals surface area (Å²) in [5.41, 5.74) is 9.44. The Morgan fingerprint density at radius 1 is 0.829 bits per heavy atom. The van der Waals surface area contributed by atoms with E-state index in [-0.39, 0.29) is 25.4 Å². The zero-order valence-electron chi connectivity index (χ0n) is 19.7. The van der Waals surface area contributed by atoms with Gasteiger partial charge in [-0.15, -0.1) is 0 Å². The Bertz CT molecular complexity index is 1220. The Balaban J connectivity index is 1.32. The molecule has 3 aromatic carbocycles. The van der Waals surface area contributed by atoms with Crippen LogP contribution < -0.4 is 15.6 Å². The maximum absolute atomic E-state index is 12.3. The van der Waals surface area contributed by atoms with Crippen LogP contribution in [0, 0.1) is 13.8 Å². The van der Waals surface area contributed by atoms with Crippen molar-refractivity contribution in [1.29, 1.82) is 0 Å². The molecule has 1 heterocycles. The smallest absolute Gasteiger partial charge is 0.276 e. The third-order valence-corrected chi connectivity index (χ3v) is 5.23. The molecule has 35 heavy (non-hydrogen) atoms. The van der Waals surface area contributed by atoms with Crippen molar-refractivity contribution in [2.75, 3.05) is 6.61 Å². The molecule has 0 aliphatic heterocycles. The molecule has 0 radical (unpaired) electrons. The second-order valence-electron chi connectivity index (χ2n) is 8.23. The fraction of sp³-hybridized carbons (Fsp3) is 0.179. The molecular weight excluding hydrogens is 442 g/mol. The fourth-order valence-corrected chi connectivity index (χ4v) is 3.67. The van der Waals surface area contributed by atoms with Crippen molar-refractivity contribution in [2.24, 2.45) is 0 Å². The lowest BCUT2D eigenvalue weighted by Crippen LogP contribution is -2.43. The first kappa shape index (κ1) is 23.8. The van der Waals surface area contributed by atoms with Gasteiger partial charge in [0.15, 0.2) is 18.3 Å². The number of amides is 2. The van der Waals surface area contributed by atoms with Crippen molar-refractivity contribution >= 4 is 11.8 Å². The number of hydrogen-bond acceptors (Lipinski definition) is 5. The highest BCUT2D eigenvalue weighted by molar-refractivity contribution is 5.83. The molecule has 2 N–H and O–H groups in total. The predicted molar refractivity (Wildman–Crippen MR) is 133 cm³/mol. The van der Waals surface area contributed by atoms with E-state index in [0.717, 1.165) is 27.9 Å². The van der Waals surface area contributed by atoms with Crippen LogP contribution in [0.2, 0.25) is 0 Å². The Kier molecular flexibility index (Phi) is 7.57. The molecule has 1 aromatic heterocycles. The van der Waals surface area contributed by atoms with Gasteiger partial charge in [0.2, 0.25) is 5.91 Å². The van der Waals surface area contributed by atoms with E-state index in [4.69, 9.17) is 9.15 Å². The van der Waals surface area contributed by atoms with Gasteiger partial charge in [-0.2, -0.15) is 0 Å². The van der Waals surface area contributed by atoms with Crippen LogP contribution in [0.25, 0.3) is 22.6 Å². The van der Waals surface area contributed by atoms with Crippen LogP contribution in [0.1, 0.15) is 23.4 Å². The molecular formula is C28H27N3O4. The van der Waals surface area contributed by atoms with Crippen LogP contribution in [-0.2, 0) is 16.0 Å². The molecule has 0 saturated heterocycles. The summed E-state index contributed by atoms with van der Waals surface area (Å²) >= 11 is 0. The largest absolute Gasteiger partial charge is 0.484 e. The van der Waals surface area contributed by atoms with Gasteiger partial charge in [-0.1, -0.05) is 66.7 Å². The molecule has 0 atom stereocenters. The topological polar surface area (TPSA) is 93.5 Å².